The molecule has 0 saturated carbocycles. The minimum absolute atomic E-state index is 0.0747. The minimum atomic E-state index is -0.333. The summed E-state index contributed by atoms with van der Waals surface area (Å²) in [7, 11) is 0. The first-order valence-electron chi connectivity index (χ1n) is 9.46. The predicted octanol–water partition coefficient (Wildman–Crippen LogP) is 2.99. The maximum Gasteiger partial charge on any atom is 0.228 e. The van der Waals surface area contributed by atoms with Crippen molar-refractivity contribution in [1.82, 2.24) is 10.2 Å². The van der Waals surface area contributed by atoms with Crippen molar-refractivity contribution >= 4 is 40.5 Å². The van der Waals surface area contributed by atoms with Crippen molar-refractivity contribution in [1.29, 1.82) is 0 Å². The van der Waals surface area contributed by atoms with Crippen LogP contribution in [-0.4, -0.2) is 48.0 Å². The summed E-state index contributed by atoms with van der Waals surface area (Å²) in [5.41, 5.74) is 1.62. The van der Waals surface area contributed by atoms with E-state index in [0.29, 0.717) is 11.5 Å². The van der Waals surface area contributed by atoms with E-state index in [1.165, 1.54) is 0 Å². The molecule has 27 heavy (non-hydrogen) atoms. The number of benzene rings is 1. The van der Waals surface area contributed by atoms with Crippen molar-refractivity contribution in [3.8, 4) is 0 Å². The van der Waals surface area contributed by atoms with Crippen LogP contribution in [0.3, 0.4) is 0 Å². The highest BCUT2D eigenvalue weighted by Gasteiger charge is 2.29. The van der Waals surface area contributed by atoms with Crippen molar-refractivity contribution in [2.45, 2.75) is 40.5 Å². The summed E-state index contributed by atoms with van der Waals surface area (Å²) in [4.78, 5) is 28.2. The summed E-state index contributed by atoms with van der Waals surface area (Å²) < 4.78 is 0. The Kier molecular flexibility index (Phi) is 7.18. The van der Waals surface area contributed by atoms with E-state index in [1.807, 2.05) is 56.9 Å². The third-order valence-corrected chi connectivity index (χ3v) is 4.63. The van der Waals surface area contributed by atoms with Gasteiger partial charge in [-0.25, -0.2) is 0 Å². The Morgan fingerprint density at radius 2 is 1.67 bits per heavy atom. The fourth-order valence-electron chi connectivity index (χ4n) is 2.98. The molecule has 0 radical (unpaired) electrons. The smallest absolute Gasteiger partial charge is 0.228 e. The van der Waals surface area contributed by atoms with Crippen LogP contribution in [-0.2, 0) is 9.59 Å². The molecule has 7 heteroatoms. The molecule has 6 nitrogen and oxygen atoms in total. The molecule has 0 aliphatic carbocycles. The van der Waals surface area contributed by atoms with Crippen LogP contribution in [0.2, 0.25) is 0 Å². The topological polar surface area (TPSA) is 64.7 Å². The van der Waals surface area contributed by atoms with Gasteiger partial charge in [-0.15, -0.1) is 0 Å². The van der Waals surface area contributed by atoms with Crippen LogP contribution in [0.1, 0.15) is 40.5 Å². The van der Waals surface area contributed by atoms with Crippen molar-refractivity contribution in [3.05, 3.63) is 24.3 Å². The molecule has 0 unspecified atom stereocenters. The Morgan fingerprint density at radius 1 is 1.07 bits per heavy atom. The number of hydrogen-bond acceptors (Lipinski definition) is 4. The number of rotatable bonds is 4. The van der Waals surface area contributed by atoms with Gasteiger partial charge in [0.2, 0.25) is 11.8 Å². The molecule has 1 aromatic carbocycles. The van der Waals surface area contributed by atoms with Crippen molar-refractivity contribution in [2.24, 2.45) is 5.41 Å². The normalized spacial score (nSPS) is 14.7. The average molecular weight is 391 g/mol. The number of nitrogens with one attached hydrogen (secondary N) is 2. The highest BCUT2D eigenvalue weighted by Crippen LogP contribution is 2.22. The van der Waals surface area contributed by atoms with E-state index in [1.54, 1.807) is 0 Å². The SMILES string of the molecule is CCCC(=O)NC(=S)Nc1ccc(N2CCN(C(=O)C(C)(C)C)CC2)cc1. The van der Waals surface area contributed by atoms with Gasteiger partial charge in [-0.2, -0.15) is 0 Å². The van der Waals surface area contributed by atoms with Gasteiger partial charge in [0.1, 0.15) is 0 Å². The minimum Gasteiger partial charge on any atom is -0.368 e. The summed E-state index contributed by atoms with van der Waals surface area (Å²) in [6.45, 7) is 11.0. The molecular formula is C20H30N4O2S. The molecule has 0 spiro atoms. The van der Waals surface area contributed by atoms with E-state index in [0.717, 1.165) is 44.0 Å². The molecular weight excluding hydrogens is 360 g/mol. The van der Waals surface area contributed by atoms with Crippen LogP contribution in [0.4, 0.5) is 11.4 Å². The standard InChI is InChI=1S/C20H30N4O2S/c1-5-6-17(25)22-19(27)21-15-7-9-16(10-8-15)23-11-13-24(14-12-23)18(26)20(2,3)4/h7-10H,5-6,11-14H2,1-4H3,(H2,21,22,25,27). The van der Waals surface area contributed by atoms with Crippen LogP contribution >= 0.6 is 12.2 Å². The monoisotopic (exact) mass is 390 g/mol. The Labute approximate surface area is 167 Å². The molecule has 1 aliphatic heterocycles. The number of carbonyl (C=O) groups is 2. The molecule has 1 heterocycles. The number of piperazine rings is 1. The van der Waals surface area contributed by atoms with Gasteiger partial charge in [-0.05, 0) is 42.9 Å². The van der Waals surface area contributed by atoms with E-state index < -0.39 is 0 Å². The molecule has 1 aromatic rings. The largest absolute Gasteiger partial charge is 0.368 e. The van der Waals surface area contributed by atoms with E-state index >= 15 is 0 Å². The second kappa shape index (κ2) is 9.17. The molecule has 148 valence electrons. The van der Waals surface area contributed by atoms with Gasteiger partial charge >= 0.3 is 0 Å². The van der Waals surface area contributed by atoms with E-state index in [9.17, 15) is 9.59 Å². The molecule has 2 rings (SSSR count). The maximum absolute atomic E-state index is 12.4. The zero-order valence-corrected chi connectivity index (χ0v) is 17.5. The average Bonchev–Trinajstić information content (AvgIpc) is 2.61. The van der Waals surface area contributed by atoms with Crippen molar-refractivity contribution in [2.75, 3.05) is 36.4 Å². The number of anilines is 2. The van der Waals surface area contributed by atoms with Gasteiger partial charge in [0, 0.05) is 49.4 Å². The lowest BCUT2D eigenvalue weighted by Gasteiger charge is -2.38. The van der Waals surface area contributed by atoms with E-state index in [4.69, 9.17) is 12.2 Å². The van der Waals surface area contributed by atoms with Gasteiger partial charge in [0.05, 0.1) is 0 Å². The Morgan fingerprint density at radius 3 is 2.19 bits per heavy atom. The van der Waals surface area contributed by atoms with Crippen LogP contribution in [0, 0.1) is 5.41 Å². The quantitative estimate of drug-likeness (QED) is 0.774. The Balaban J connectivity index is 1.86. The first-order chi connectivity index (χ1) is 12.7. The zero-order valence-electron chi connectivity index (χ0n) is 16.7. The summed E-state index contributed by atoms with van der Waals surface area (Å²) in [6.07, 6.45) is 1.25. The van der Waals surface area contributed by atoms with Crippen molar-refractivity contribution in [3.63, 3.8) is 0 Å². The fourth-order valence-corrected chi connectivity index (χ4v) is 3.21. The Bertz CT molecular complexity index is 674. The second-order valence-electron chi connectivity index (χ2n) is 7.83. The lowest BCUT2D eigenvalue weighted by molar-refractivity contribution is -0.139. The van der Waals surface area contributed by atoms with Crippen LogP contribution in [0.5, 0.6) is 0 Å². The number of carbonyl (C=O) groups excluding carboxylic acids is 2. The summed E-state index contributed by atoms with van der Waals surface area (Å²) >= 11 is 5.16. The number of amides is 2. The third kappa shape index (κ3) is 6.20. The van der Waals surface area contributed by atoms with Crippen LogP contribution in [0.25, 0.3) is 0 Å². The molecule has 2 N–H and O–H groups in total. The first-order valence-corrected chi connectivity index (χ1v) is 9.86. The highest BCUT2D eigenvalue weighted by atomic mass is 32.1. The van der Waals surface area contributed by atoms with Gasteiger partial charge < -0.3 is 20.4 Å². The lowest BCUT2D eigenvalue weighted by atomic mass is 9.94. The second-order valence-corrected chi connectivity index (χ2v) is 8.24. The fraction of sp³-hybridized carbons (Fsp3) is 0.550. The van der Waals surface area contributed by atoms with Gasteiger partial charge in [-0.3, -0.25) is 9.59 Å². The van der Waals surface area contributed by atoms with Gasteiger partial charge in [0.15, 0.2) is 5.11 Å². The molecule has 1 saturated heterocycles. The summed E-state index contributed by atoms with van der Waals surface area (Å²) in [5.74, 6) is 0.134. The third-order valence-electron chi connectivity index (χ3n) is 4.43. The zero-order chi connectivity index (χ0) is 20.0. The molecule has 1 aliphatic rings. The predicted molar refractivity (Wildman–Crippen MR) is 114 cm³/mol. The van der Waals surface area contributed by atoms with Crippen LogP contribution in [0.15, 0.2) is 24.3 Å². The van der Waals surface area contributed by atoms with Crippen molar-refractivity contribution < 1.29 is 9.59 Å². The van der Waals surface area contributed by atoms with E-state index in [2.05, 4.69) is 15.5 Å². The maximum atomic E-state index is 12.4. The number of hydrogen-bond donors (Lipinski definition) is 2. The summed E-state index contributed by atoms with van der Waals surface area (Å²) in [5, 5.41) is 6.01. The molecule has 0 atom stereocenters. The van der Waals surface area contributed by atoms with Gasteiger partial charge in [-0.1, -0.05) is 27.7 Å². The van der Waals surface area contributed by atoms with Crippen LogP contribution < -0.4 is 15.5 Å². The Hall–Kier alpha value is -2.15. The molecule has 0 aromatic heterocycles. The summed E-state index contributed by atoms with van der Waals surface area (Å²) in [6, 6.07) is 7.95. The number of nitrogens with zero attached hydrogens (tertiary/aromatic N) is 2. The highest BCUT2D eigenvalue weighted by molar-refractivity contribution is 7.80. The number of thiocarbonyl (C=S) groups is 1. The first kappa shape index (κ1) is 21.2. The van der Waals surface area contributed by atoms with Gasteiger partial charge in [0.25, 0.3) is 0 Å². The lowest BCUT2D eigenvalue weighted by Crippen LogP contribution is -2.51. The molecule has 1 fully saturated rings. The van der Waals surface area contributed by atoms with E-state index in [-0.39, 0.29) is 17.2 Å². The molecule has 0 bridgehead atoms. The molecule has 2 amide bonds.